The maximum absolute atomic E-state index is 12.5. The molecule has 0 aliphatic carbocycles. The van der Waals surface area contributed by atoms with Crippen LogP contribution in [0.15, 0.2) is 24.3 Å². The van der Waals surface area contributed by atoms with Crippen LogP contribution >= 0.6 is 0 Å². The fraction of sp³-hybridized carbons (Fsp3) is 0.308. The monoisotopic (exact) mass is 315 g/mol. The fourth-order valence-corrected chi connectivity index (χ4v) is 2.18. The van der Waals surface area contributed by atoms with Crippen LogP contribution in [0.3, 0.4) is 0 Å². The highest BCUT2D eigenvalue weighted by Crippen LogP contribution is 2.33. The van der Waals surface area contributed by atoms with Gasteiger partial charge in [0.15, 0.2) is 0 Å². The molecule has 6 nitrogen and oxygen atoms in total. The van der Waals surface area contributed by atoms with E-state index in [1.165, 1.54) is 6.92 Å². The van der Waals surface area contributed by atoms with E-state index < -0.39 is 41.7 Å². The second-order valence-electron chi connectivity index (χ2n) is 4.99. The minimum absolute atomic E-state index is 0.172. The van der Waals surface area contributed by atoms with Crippen molar-refractivity contribution in [3.63, 3.8) is 0 Å². The zero-order chi connectivity index (χ0) is 16.7. The molecule has 1 heterocycles. The predicted octanol–water partition coefficient (Wildman–Crippen LogP) is 0.958. The van der Waals surface area contributed by atoms with Gasteiger partial charge >= 0.3 is 12.2 Å². The maximum Gasteiger partial charge on any atom is 0.416 e. The van der Waals surface area contributed by atoms with Gasteiger partial charge in [-0.05, 0) is 24.6 Å². The highest BCUT2D eigenvalue weighted by Gasteiger charge is 2.49. The highest BCUT2D eigenvalue weighted by molar-refractivity contribution is 6.09. The quantitative estimate of drug-likeness (QED) is 0.814. The number of halogens is 3. The van der Waals surface area contributed by atoms with Gasteiger partial charge in [-0.2, -0.15) is 13.2 Å². The molecule has 9 heteroatoms. The van der Waals surface area contributed by atoms with Gasteiger partial charge in [0.25, 0.3) is 5.91 Å². The molecule has 1 unspecified atom stereocenters. The summed E-state index contributed by atoms with van der Waals surface area (Å²) in [5.41, 5.74) is 2.71. The smallest absolute Gasteiger partial charge is 0.368 e. The molecular formula is C13H12F3N3O3. The predicted molar refractivity (Wildman–Crippen MR) is 68.2 cm³/mol. The normalized spacial score (nSPS) is 21.9. The average molecular weight is 315 g/mol. The summed E-state index contributed by atoms with van der Waals surface area (Å²) in [6, 6.07) is 3.02. The Labute approximate surface area is 123 Å². The average Bonchev–Trinajstić information content (AvgIpc) is 2.62. The first-order chi connectivity index (χ1) is 10.1. The number of rotatable bonds is 3. The second kappa shape index (κ2) is 5.00. The maximum atomic E-state index is 12.5. The second-order valence-corrected chi connectivity index (χ2v) is 4.99. The summed E-state index contributed by atoms with van der Waals surface area (Å²) in [6.07, 6.45) is -4.50. The van der Waals surface area contributed by atoms with Gasteiger partial charge < -0.3 is 11.1 Å². The van der Waals surface area contributed by atoms with Gasteiger partial charge in [0, 0.05) is 0 Å². The van der Waals surface area contributed by atoms with E-state index in [1.807, 2.05) is 0 Å². The molecule has 0 aromatic heterocycles. The molecule has 1 aliphatic rings. The van der Waals surface area contributed by atoms with Crippen molar-refractivity contribution in [2.24, 2.45) is 5.73 Å². The Bertz CT molecular complexity index is 642. The Kier molecular flexibility index (Phi) is 3.59. The Hall–Kier alpha value is -2.58. The first-order valence-electron chi connectivity index (χ1n) is 6.16. The Balaban J connectivity index is 2.33. The van der Waals surface area contributed by atoms with Crippen LogP contribution in [0.1, 0.15) is 18.1 Å². The van der Waals surface area contributed by atoms with Gasteiger partial charge in [0.05, 0.1) is 5.56 Å². The van der Waals surface area contributed by atoms with Crippen LogP contribution in [0.25, 0.3) is 0 Å². The zero-order valence-electron chi connectivity index (χ0n) is 11.4. The van der Waals surface area contributed by atoms with Crippen LogP contribution in [0.4, 0.5) is 18.0 Å². The van der Waals surface area contributed by atoms with Crippen LogP contribution in [-0.2, 0) is 21.3 Å². The Morgan fingerprint density at radius 3 is 2.27 bits per heavy atom. The van der Waals surface area contributed by atoms with Gasteiger partial charge in [-0.15, -0.1) is 0 Å². The van der Waals surface area contributed by atoms with Gasteiger partial charge in [-0.25, -0.2) is 4.79 Å². The summed E-state index contributed by atoms with van der Waals surface area (Å²) in [7, 11) is 0. The topological polar surface area (TPSA) is 92.5 Å². The van der Waals surface area contributed by atoms with Crippen molar-refractivity contribution in [2.45, 2.75) is 18.6 Å². The van der Waals surface area contributed by atoms with Gasteiger partial charge in [-0.3, -0.25) is 14.5 Å². The number of carbonyl (C=O) groups is 3. The lowest BCUT2D eigenvalue weighted by atomic mass is 9.91. The van der Waals surface area contributed by atoms with Crippen molar-refractivity contribution in [1.29, 1.82) is 0 Å². The number of carbonyl (C=O) groups excluding carboxylic acids is 3. The van der Waals surface area contributed by atoms with E-state index in [0.29, 0.717) is 4.90 Å². The van der Waals surface area contributed by atoms with Crippen molar-refractivity contribution in [1.82, 2.24) is 10.2 Å². The van der Waals surface area contributed by atoms with E-state index in [1.54, 1.807) is 0 Å². The fourth-order valence-electron chi connectivity index (χ4n) is 2.18. The molecule has 1 aliphatic heterocycles. The standard InChI is InChI=1S/C13H12F3N3O3/c1-12(7-2-4-8(5-3-7)13(14,15)16)10(21)19(6-9(17)20)11(22)18-12/h2-5H,6H2,1H3,(H2,17,20)(H,18,22). The summed E-state index contributed by atoms with van der Waals surface area (Å²) in [5, 5.41) is 2.36. The molecule has 1 atom stereocenters. The zero-order valence-corrected chi connectivity index (χ0v) is 11.4. The molecule has 0 spiro atoms. The van der Waals surface area contributed by atoms with E-state index >= 15 is 0 Å². The highest BCUT2D eigenvalue weighted by atomic mass is 19.4. The molecule has 1 fully saturated rings. The third-order valence-electron chi connectivity index (χ3n) is 3.38. The van der Waals surface area contributed by atoms with E-state index in [4.69, 9.17) is 5.73 Å². The molecule has 3 N–H and O–H groups in total. The number of hydrogen-bond donors (Lipinski definition) is 2. The lowest BCUT2D eigenvalue weighted by Crippen LogP contribution is -2.42. The van der Waals surface area contributed by atoms with Crippen molar-refractivity contribution in [2.75, 3.05) is 6.54 Å². The molecule has 0 bridgehead atoms. The molecule has 4 amide bonds. The molecule has 22 heavy (non-hydrogen) atoms. The van der Waals surface area contributed by atoms with Gasteiger partial charge in [0.1, 0.15) is 12.1 Å². The SMILES string of the molecule is CC1(c2ccc(C(F)(F)F)cc2)NC(=O)N(CC(N)=O)C1=O. The largest absolute Gasteiger partial charge is 0.416 e. The summed E-state index contributed by atoms with van der Waals surface area (Å²) in [4.78, 5) is 35.5. The molecule has 0 saturated carbocycles. The Morgan fingerprint density at radius 2 is 1.82 bits per heavy atom. The lowest BCUT2D eigenvalue weighted by molar-refractivity contribution is -0.137. The summed E-state index contributed by atoms with van der Waals surface area (Å²) < 4.78 is 37.6. The van der Waals surface area contributed by atoms with E-state index in [0.717, 1.165) is 24.3 Å². The minimum Gasteiger partial charge on any atom is -0.368 e. The van der Waals surface area contributed by atoms with Crippen molar-refractivity contribution in [3.05, 3.63) is 35.4 Å². The van der Waals surface area contributed by atoms with E-state index in [2.05, 4.69) is 5.32 Å². The summed E-state index contributed by atoms with van der Waals surface area (Å²) >= 11 is 0. The first kappa shape index (κ1) is 15.8. The van der Waals surface area contributed by atoms with Crippen molar-refractivity contribution >= 4 is 17.8 Å². The van der Waals surface area contributed by atoms with Crippen LogP contribution in [0, 0.1) is 0 Å². The molecule has 1 aromatic carbocycles. The molecular weight excluding hydrogens is 303 g/mol. The first-order valence-corrected chi connectivity index (χ1v) is 6.16. The van der Waals surface area contributed by atoms with Gasteiger partial charge in [0.2, 0.25) is 5.91 Å². The van der Waals surface area contributed by atoms with Crippen molar-refractivity contribution < 1.29 is 27.6 Å². The third kappa shape index (κ3) is 2.61. The van der Waals surface area contributed by atoms with Crippen molar-refractivity contribution in [3.8, 4) is 0 Å². The number of primary amides is 1. The van der Waals surface area contributed by atoms with E-state index in [9.17, 15) is 27.6 Å². The molecule has 1 aromatic rings. The molecule has 2 rings (SSSR count). The number of hydrogen-bond acceptors (Lipinski definition) is 3. The summed E-state index contributed by atoms with van der Waals surface area (Å²) in [6.45, 7) is 0.748. The number of benzene rings is 1. The lowest BCUT2D eigenvalue weighted by Gasteiger charge is -2.22. The molecule has 118 valence electrons. The third-order valence-corrected chi connectivity index (χ3v) is 3.38. The minimum atomic E-state index is -4.50. The van der Waals surface area contributed by atoms with Crippen LogP contribution in [-0.4, -0.2) is 29.3 Å². The van der Waals surface area contributed by atoms with E-state index in [-0.39, 0.29) is 5.56 Å². The number of imide groups is 1. The Morgan fingerprint density at radius 1 is 1.27 bits per heavy atom. The number of urea groups is 1. The van der Waals surface area contributed by atoms with Gasteiger partial charge in [-0.1, -0.05) is 12.1 Å². The van der Waals surface area contributed by atoms with Crippen LogP contribution in [0.5, 0.6) is 0 Å². The molecule has 0 radical (unpaired) electrons. The van der Waals surface area contributed by atoms with Crippen LogP contribution in [0.2, 0.25) is 0 Å². The number of nitrogens with one attached hydrogen (secondary N) is 1. The number of nitrogens with two attached hydrogens (primary N) is 1. The molecule has 1 saturated heterocycles. The van der Waals surface area contributed by atoms with Crippen LogP contribution < -0.4 is 11.1 Å². The number of nitrogens with zero attached hydrogens (tertiary/aromatic N) is 1. The number of amides is 4. The number of alkyl halides is 3. The summed E-state index contributed by atoms with van der Waals surface area (Å²) in [5.74, 6) is -1.63.